The second-order valence-electron chi connectivity index (χ2n) is 8.19. The van der Waals surface area contributed by atoms with Crippen LogP contribution in [0.5, 0.6) is 0 Å². The summed E-state index contributed by atoms with van der Waals surface area (Å²) in [5.74, 6) is 0. The van der Waals surface area contributed by atoms with Crippen LogP contribution in [0.1, 0.15) is 56.9 Å². The van der Waals surface area contributed by atoms with Crippen LogP contribution in [0, 0.1) is 0 Å². The molecular weight excluding hydrogens is 346 g/mol. The maximum Gasteiger partial charge on any atom is 0.240 e. The lowest BCUT2D eigenvalue weighted by Crippen LogP contribution is -2.42. The van der Waals surface area contributed by atoms with Crippen LogP contribution in [0.3, 0.4) is 0 Å². The monoisotopic (exact) mass is 377 g/mol. The fourth-order valence-electron chi connectivity index (χ4n) is 4.43. The summed E-state index contributed by atoms with van der Waals surface area (Å²) in [4.78, 5) is 2.83. The summed E-state index contributed by atoms with van der Waals surface area (Å²) in [6.07, 6.45) is 9.94. The van der Waals surface area contributed by atoms with Crippen LogP contribution in [0.15, 0.2) is 29.2 Å². The lowest BCUT2D eigenvalue weighted by Gasteiger charge is -2.34. The Morgan fingerprint density at radius 2 is 1.65 bits per heavy atom. The van der Waals surface area contributed by atoms with Gasteiger partial charge in [-0.15, -0.1) is 0 Å². The first-order valence-corrected chi connectivity index (χ1v) is 11.7. The zero-order valence-corrected chi connectivity index (χ0v) is 16.3. The van der Waals surface area contributed by atoms with Gasteiger partial charge < -0.3 is 5.32 Å². The third-order valence-electron chi connectivity index (χ3n) is 6.32. The first kappa shape index (κ1) is 18.4. The molecule has 2 N–H and O–H groups in total. The molecule has 1 unspecified atom stereocenters. The molecule has 144 valence electrons. The molecule has 1 saturated heterocycles. The minimum Gasteiger partial charge on any atom is -0.310 e. The molecule has 1 atom stereocenters. The van der Waals surface area contributed by atoms with Crippen molar-refractivity contribution in [3.05, 3.63) is 29.8 Å². The summed E-state index contributed by atoms with van der Waals surface area (Å²) >= 11 is 0. The quantitative estimate of drug-likeness (QED) is 0.767. The molecule has 0 aromatic heterocycles. The number of benzene rings is 1. The highest BCUT2D eigenvalue weighted by molar-refractivity contribution is 7.89. The molecule has 3 fully saturated rings. The van der Waals surface area contributed by atoms with Gasteiger partial charge in [0, 0.05) is 37.8 Å². The third kappa shape index (κ3) is 4.30. The van der Waals surface area contributed by atoms with Crippen LogP contribution in [0.25, 0.3) is 0 Å². The standard InChI is InChI=1S/C20H31N3O2S/c24-26(25,22-18-12-13-23(15-18)19-6-3-7-19)20-10-8-16(9-11-20)14-21-17-4-1-2-5-17/h8-11,17-19,21-22H,1-7,12-15H2. The Morgan fingerprint density at radius 1 is 0.923 bits per heavy atom. The summed E-state index contributed by atoms with van der Waals surface area (Å²) in [5, 5.41) is 3.57. The molecule has 1 heterocycles. The van der Waals surface area contributed by atoms with E-state index in [0.29, 0.717) is 17.0 Å². The molecule has 0 radical (unpaired) electrons. The fourth-order valence-corrected chi connectivity index (χ4v) is 5.69. The number of nitrogens with one attached hydrogen (secondary N) is 2. The SMILES string of the molecule is O=S(=O)(NC1CCN(C2CCC2)C1)c1ccc(CNC2CCCC2)cc1. The molecule has 2 saturated carbocycles. The summed E-state index contributed by atoms with van der Waals surface area (Å²) in [6.45, 7) is 2.69. The van der Waals surface area contributed by atoms with E-state index in [9.17, 15) is 8.42 Å². The minimum atomic E-state index is -3.43. The molecular formula is C20H31N3O2S. The molecule has 26 heavy (non-hydrogen) atoms. The average Bonchev–Trinajstić information content (AvgIpc) is 3.24. The van der Waals surface area contributed by atoms with Crippen molar-refractivity contribution in [1.82, 2.24) is 14.9 Å². The second-order valence-corrected chi connectivity index (χ2v) is 9.91. The topological polar surface area (TPSA) is 61.4 Å². The van der Waals surface area contributed by atoms with E-state index in [0.717, 1.165) is 31.6 Å². The lowest BCUT2D eigenvalue weighted by atomic mass is 9.92. The van der Waals surface area contributed by atoms with Gasteiger partial charge in [0.2, 0.25) is 10.0 Å². The number of hydrogen-bond donors (Lipinski definition) is 2. The molecule has 1 aliphatic heterocycles. The molecule has 3 aliphatic rings. The highest BCUT2D eigenvalue weighted by Gasteiger charge is 2.33. The van der Waals surface area contributed by atoms with E-state index in [2.05, 4.69) is 14.9 Å². The van der Waals surface area contributed by atoms with Crippen molar-refractivity contribution in [2.24, 2.45) is 0 Å². The first-order valence-electron chi connectivity index (χ1n) is 10.2. The van der Waals surface area contributed by atoms with Gasteiger partial charge in [0.05, 0.1) is 4.90 Å². The lowest BCUT2D eigenvalue weighted by molar-refractivity contribution is 0.156. The largest absolute Gasteiger partial charge is 0.310 e. The molecule has 4 rings (SSSR count). The number of hydrogen-bond acceptors (Lipinski definition) is 4. The molecule has 0 spiro atoms. The van der Waals surface area contributed by atoms with E-state index in [4.69, 9.17) is 0 Å². The van der Waals surface area contributed by atoms with Gasteiger partial charge in [-0.1, -0.05) is 31.4 Å². The number of rotatable bonds is 7. The van der Waals surface area contributed by atoms with Crippen LogP contribution >= 0.6 is 0 Å². The minimum absolute atomic E-state index is 0.0457. The summed E-state index contributed by atoms with van der Waals surface area (Å²) in [6, 6.07) is 8.72. The van der Waals surface area contributed by atoms with Gasteiger partial charge in [-0.05, 0) is 49.8 Å². The van der Waals surface area contributed by atoms with Crippen LogP contribution in [-0.2, 0) is 16.6 Å². The van der Waals surface area contributed by atoms with E-state index in [1.54, 1.807) is 12.1 Å². The normalized spacial score (nSPS) is 25.6. The van der Waals surface area contributed by atoms with Crippen molar-refractivity contribution < 1.29 is 8.42 Å². The molecule has 0 amide bonds. The van der Waals surface area contributed by atoms with Crippen LogP contribution in [0.2, 0.25) is 0 Å². The Balaban J connectivity index is 1.30. The molecule has 0 bridgehead atoms. The van der Waals surface area contributed by atoms with Gasteiger partial charge in [0.1, 0.15) is 0 Å². The van der Waals surface area contributed by atoms with Crippen molar-refractivity contribution >= 4 is 10.0 Å². The van der Waals surface area contributed by atoms with Gasteiger partial charge in [-0.2, -0.15) is 0 Å². The van der Waals surface area contributed by atoms with Gasteiger partial charge in [-0.25, -0.2) is 13.1 Å². The van der Waals surface area contributed by atoms with Crippen molar-refractivity contribution in [3.63, 3.8) is 0 Å². The number of sulfonamides is 1. The fraction of sp³-hybridized carbons (Fsp3) is 0.700. The number of likely N-dealkylation sites (tertiary alicyclic amines) is 1. The zero-order valence-electron chi connectivity index (χ0n) is 15.5. The van der Waals surface area contributed by atoms with E-state index in [-0.39, 0.29) is 6.04 Å². The van der Waals surface area contributed by atoms with Crippen molar-refractivity contribution in [2.75, 3.05) is 13.1 Å². The Kier molecular flexibility index (Phi) is 5.64. The van der Waals surface area contributed by atoms with Crippen molar-refractivity contribution in [3.8, 4) is 0 Å². The Labute approximate surface area is 157 Å². The molecule has 1 aromatic rings. The maximum absolute atomic E-state index is 12.7. The summed E-state index contributed by atoms with van der Waals surface area (Å²) < 4.78 is 28.3. The smallest absolute Gasteiger partial charge is 0.240 e. The number of nitrogens with zero attached hydrogens (tertiary/aromatic N) is 1. The van der Waals surface area contributed by atoms with Crippen molar-refractivity contribution in [2.45, 2.75) is 80.9 Å². The van der Waals surface area contributed by atoms with E-state index in [1.165, 1.54) is 44.9 Å². The van der Waals surface area contributed by atoms with Crippen LogP contribution in [-0.4, -0.2) is 44.5 Å². The van der Waals surface area contributed by atoms with E-state index in [1.807, 2.05) is 12.1 Å². The molecule has 5 nitrogen and oxygen atoms in total. The highest BCUT2D eigenvalue weighted by atomic mass is 32.2. The predicted molar refractivity (Wildman–Crippen MR) is 103 cm³/mol. The predicted octanol–water partition coefficient (Wildman–Crippen LogP) is 2.62. The van der Waals surface area contributed by atoms with Crippen LogP contribution in [0.4, 0.5) is 0 Å². The molecule has 2 aliphatic carbocycles. The molecule has 1 aromatic carbocycles. The summed E-state index contributed by atoms with van der Waals surface area (Å²) in [7, 11) is -3.43. The van der Waals surface area contributed by atoms with Gasteiger partial charge in [0.15, 0.2) is 0 Å². The Morgan fingerprint density at radius 3 is 2.31 bits per heavy atom. The van der Waals surface area contributed by atoms with Gasteiger partial charge >= 0.3 is 0 Å². The highest BCUT2D eigenvalue weighted by Crippen LogP contribution is 2.28. The maximum atomic E-state index is 12.7. The third-order valence-corrected chi connectivity index (χ3v) is 7.85. The van der Waals surface area contributed by atoms with Gasteiger partial charge in [-0.3, -0.25) is 4.90 Å². The molecule has 6 heteroatoms. The van der Waals surface area contributed by atoms with Crippen LogP contribution < -0.4 is 10.0 Å². The van der Waals surface area contributed by atoms with E-state index >= 15 is 0 Å². The van der Waals surface area contributed by atoms with E-state index < -0.39 is 10.0 Å². The average molecular weight is 378 g/mol. The second kappa shape index (κ2) is 7.97. The zero-order chi connectivity index (χ0) is 18.0. The van der Waals surface area contributed by atoms with Crippen molar-refractivity contribution in [1.29, 1.82) is 0 Å². The van der Waals surface area contributed by atoms with Gasteiger partial charge in [0.25, 0.3) is 0 Å². The first-order chi connectivity index (χ1) is 12.6. The summed E-state index contributed by atoms with van der Waals surface area (Å²) in [5.41, 5.74) is 1.15. The Bertz CT molecular complexity index is 694. The Hall–Kier alpha value is -0.950.